The fourth-order valence-electron chi connectivity index (χ4n) is 2.26. The number of nitrogens with one attached hydrogen (secondary N) is 1. The van der Waals surface area contributed by atoms with Crippen LogP contribution < -0.4 is 5.32 Å². The van der Waals surface area contributed by atoms with Crippen molar-refractivity contribution < 1.29 is 4.79 Å². The third-order valence-corrected chi connectivity index (χ3v) is 5.29. The van der Waals surface area contributed by atoms with Gasteiger partial charge in [0.1, 0.15) is 9.88 Å². The maximum Gasteiger partial charge on any atom is 0.269 e. The van der Waals surface area contributed by atoms with Gasteiger partial charge in [-0.3, -0.25) is 10.1 Å². The summed E-state index contributed by atoms with van der Waals surface area (Å²) < 4.78 is 0. The molecule has 1 amide bonds. The molecule has 0 saturated heterocycles. The molecular formula is C17H18N4OS2. The van der Waals surface area contributed by atoms with E-state index in [-0.39, 0.29) is 5.91 Å². The second kappa shape index (κ2) is 7.63. The van der Waals surface area contributed by atoms with Crippen molar-refractivity contribution >= 4 is 33.7 Å². The highest BCUT2D eigenvalue weighted by atomic mass is 32.1. The average molecular weight is 358 g/mol. The lowest BCUT2D eigenvalue weighted by Gasteiger charge is -2.02. The lowest BCUT2D eigenvalue weighted by molar-refractivity contribution is 0.103. The molecule has 1 aromatic carbocycles. The predicted molar refractivity (Wildman–Crippen MR) is 98.8 cm³/mol. The van der Waals surface area contributed by atoms with E-state index in [2.05, 4.69) is 27.4 Å². The predicted octanol–water partition coefficient (Wildman–Crippen LogP) is 4.56. The molecule has 0 radical (unpaired) electrons. The first-order valence-electron chi connectivity index (χ1n) is 7.84. The van der Waals surface area contributed by atoms with Gasteiger partial charge in [0, 0.05) is 12.0 Å². The summed E-state index contributed by atoms with van der Waals surface area (Å²) in [4.78, 5) is 17.8. The largest absolute Gasteiger partial charge is 0.296 e. The molecule has 0 aliphatic rings. The zero-order valence-electron chi connectivity index (χ0n) is 13.6. The third-order valence-electron chi connectivity index (χ3n) is 3.42. The molecule has 0 spiro atoms. The quantitative estimate of drug-likeness (QED) is 0.701. The molecule has 0 bridgehead atoms. The Morgan fingerprint density at radius 1 is 1.17 bits per heavy atom. The maximum absolute atomic E-state index is 12.6. The summed E-state index contributed by atoms with van der Waals surface area (Å²) in [7, 11) is 0. The number of hydrogen-bond acceptors (Lipinski definition) is 6. The third kappa shape index (κ3) is 3.85. The van der Waals surface area contributed by atoms with Gasteiger partial charge in [0.25, 0.3) is 5.91 Å². The summed E-state index contributed by atoms with van der Waals surface area (Å²) in [5.74, 6) is -0.183. The number of thiazole rings is 1. The first-order valence-corrected chi connectivity index (χ1v) is 9.47. The Hall–Kier alpha value is -2.12. The summed E-state index contributed by atoms with van der Waals surface area (Å²) in [6.45, 7) is 4.04. The molecule has 0 unspecified atom stereocenters. The van der Waals surface area contributed by atoms with E-state index in [4.69, 9.17) is 0 Å². The number of unbranched alkanes of at least 4 members (excludes halogenated alkanes) is 1. The highest BCUT2D eigenvalue weighted by molar-refractivity contribution is 7.16. The summed E-state index contributed by atoms with van der Waals surface area (Å²) in [6.07, 6.45) is 3.09. The van der Waals surface area contributed by atoms with Gasteiger partial charge in [-0.1, -0.05) is 55.0 Å². The Morgan fingerprint density at radius 3 is 2.71 bits per heavy atom. The number of aryl methyl sites for hydroxylation is 2. The molecule has 0 fully saturated rings. The van der Waals surface area contributed by atoms with Gasteiger partial charge in [0.15, 0.2) is 0 Å². The second-order valence-electron chi connectivity index (χ2n) is 5.34. The number of nitrogens with zero attached hydrogens (tertiary/aromatic N) is 3. The van der Waals surface area contributed by atoms with Gasteiger partial charge in [0.05, 0.1) is 10.7 Å². The fourth-order valence-corrected chi connectivity index (χ4v) is 3.87. The molecule has 0 saturated carbocycles. The lowest BCUT2D eigenvalue weighted by atomic mass is 10.1. The number of carbonyl (C=O) groups excluding carboxylic acids is 1. The van der Waals surface area contributed by atoms with Gasteiger partial charge >= 0.3 is 0 Å². The van der Waals surface area contributed by atoms with E-state index in [1.807, 2.05) is 37.3 Å². The smallest absolute Gasteiger partial charge is 0.269 e. The molecule has 0 atom stereocenters. The fraction of sp³-hybridized carbons (Fsp3) is 0.294. The van der Waals surface area contributed by atoms with Crippen molar-refractivity contribution in [2.45, 2.75) is 33.1 Å². The van der Waals surface area contributed by atoms with Gasteiger partial charge in [-0.15, -0.1) is 21.5 Å². The van der Waals surface area contributed by atoms with Crippen molar-refractivity contribution in [2.75, 3.05) is 5.32 Å². The molecular weight excluding hydrogens is 340 g/mol. The number of benzene rings is 1. The van der Waals surface area contributed by atoms with Crippen LogP contribution in [0, 0.1) is 6.92 Å². The summed E-state index contributed by atoms with van der Waals surface area (Å²) >= 11 is 2.82. The van der Waals surface area contributed by atoms with Gasteiger partial charge in [0.2, 0.25) is 5.13 Å². The Kier molecular flexibility index (Phi) is 5.32. The van der Waals surface area contributed by atoms with Crippen LogP contribution in [0.15, 0.2) is 30.3 Å². The first kappa shape index (κ1) is 16.7. The van der Waals surface area contributed by atoms with Gasteiger partial charge < -0.3 is 0 Å². The number of carbonyl (C=O) groups is 1. The molecule has 3 rings (SSSR count). The number of anilines is 1. The van der Waals surface area contributed by atoms with E-state index in [9.17, 15) is 4.79 Å². The van der Waals surface area contributed by atoms with Crippen LogP contribution in [0.1, 0.15) is 39.5 Å². The molecule has 5 nitrogen and oxygen atoms in total. The summed E-state index contributed by atoms with van der Waals surface area (Å²) in [5, 5.41) is 13.4. The van der Waals surface area contributed by atoms with Crippen molar-refractivity contribution in [1.29, 1.82) is 0 Å². The lowest BCUT2D eigenvalue weighted by Crippen LogP contribution is -2.11. The van der Waals surface area contributed by atoms with Crippen molar-refractivity contribution in [3.63, 3.8) is 0 Å². The Morgan fingerprint density at radius 2 is 1.96 bits per heavy atom. The zero-order valence-corrected chi connectivity index (χ0v) is 15.2. The minimum absolute atomic E-state index is 0.183. The number of amides is 1. The normalized spacial score (nSPS) is 10.8. The number of rotatable bonds is 6. The Balaban J connectivity index is 1.79. The van der Waals surface area contributed by atoms with E-state index in [1.54, 1.807) is 0 Å². The van der Waals surface area contributed by atoms with Gasteiger partial charge in [-0.2, -0.15) is 0 Å². The summed E-state index contributed by atoms with van der Waals surface area (Å²) in [6, 6.07) is 9.74. The van der Waals surface area contributed by atoms with Crippen molar-refractivity contribution in [3.8, 4) is 11.3 Å². The zero-order chi connectivity index (χ0) is 16.9. The Labute approximate surface area is 148 Å². The molecule has 1 N–H and O–H groups in total. The van der Waals surface area contributed by atoms with Crippen molar-refractivity contribution in [3.05, 3.63) is 45.2 Å². The van der Waals surface area contributed by atoms with E-state index in [1.165, 1.54) is 22.7 Å². The number of hydrogen-bond donors (Lipinski definition) is 1. The highest BCUT2D eigenvalue weighted by Crippen LogP contribution is 2.29. The molecule has 7 heteroatoms. The standard InChI is InChI=1S/C17H18N4OS2/c1-3-4-10-13-20-21-17(24-13)19-16(22)15-14(18-11(2)23-15)12-8-6-5-7-9-12/h5-9H,3-4,10H2,1-2H3,(H,19,21,22). The van der Waals surface area contributed by atoms with E-state index < -0.39 is 0 Å². The maximum atomic E-state index is 12.6. The molecule has 24 heavy (non-hydrogen) atoms. The van der Waals surface area contributed by atoms with Gasteiger partial charge in [-0.25, -0.2) is 4.98 Å². The van der Waals surface area contributed by atoms with Crippen LogP contribution in [0.2, 0.25) is 0 Å². The summed E-state index contributed by atoms with van der Waals surface area (Å²) in [5.41, 5.74) is 1.65. The monoisotopic (exact) mass is 358 g/mol. The van der Waals surface area contributed by atoms with E-state index in [0.717, 1.165) is 34.8 Å². The minimum Gasteiger partial charge on any atom is -0.296 e. The van der Waals surface area contributed by atoms with Crippen LogP contribution in [0.5, 0.6) is 0 Å². The highest BCUT2D eigenvalue weighted by Gasteiger charge is 2.19. The van der Waals surface area contributed by atoms with Crippen molar-refractivity contribution in [1.82, 2.24) is 15.2 Å². The van der Waals surface area contributed by atoms with Crippen LogP contribution in [-0.2, 0) is 6.42 Å². The topological polar surface area (TPSA) is 67.8 Å². The van der Waals surface area contributed by atoms with Crippen molar-refractivity contribution in [2.24, 2.45) is 0 Å². The van der Waals surface area contributed by atoms with E-state index in [0.29, 0.717) is 15.7 Å². The molecule has 0 aliphatic carbocycles. The SMILES string of the molecule is CCCCc1nnc(NC(=O)c2sc(C)nc2-c2ccccc2)s1. The van der Waals surface area contributed by atoms with Crippen LogP contribution in [0.25, 0.3) is 11.3 Å². The molecule has 3 aromatic rings. The molecule has 0 aliphatic heterocycles. The van der Waals surface area contributed by atoms with E-state index >= 15 is 0 Å². The number of aromatic nitrogens is 3. The molecule has 124 valence electrons. The van der Waals surface area contributed by atoms with Crippen LogP contribution in [0.4, 0.5) is 5.13 Å². The molecule has 2 heterocycles. The van der Waals surface area contributed by atoms with Crippen LogP contribution in [-0.4, -0.2) is 21.1 Å². The van der Waals surface area contributed by atoms with Crippen LogP contribution >= 0.6 is 22.7 Å². The Bertz CT molecular complexity index is 826. The molecule has 2 aromatic heterocycles. The minimum atomic E-state index is -0.183. The average Bonchev–Trinajstić information content (AvgIpc) is 3.20. The van der Waals surface area contributed by atoms with Crippen LogP contribution in [0.3, 0.4) is 0 Å². The van der Waals surface area contributed by atoms with Gasteiger partial charge in [-0.05, 0) is 13.3 Å². The first-order chi connectivity index (χ1) is 11.7. The second-order valence-corrected chi connectivity index (χ2v) is 7.60.